The van der Waals surface area contributed by atoms with Gasteiger partial charge in [-0.15, -0.1) is 0 Å². The zero-order valence-electron chi connectivity index (χ0n) is 18.9. The smallest absolute Gasteiger partial charge is 0.254 e. The van der Waals surface area contributed by atoms with E-state index < -0.39 is 17.5 Å². The van der Waals surface area contributed by atoms with Crippen LogP contribution in [0, 0.1) is 23.5 Å². The molecule has 1 aliphatic heterocycles. The van der Waals surface area contributed by atoms with Crippen molar-refractivity contribution in [2.45, 2.75) is 50.9 Å². The van der Waals surface area contributed by atoms with Crippen molar-refractivity contribution in [3.05, 3.63) is 71.3 Å². The highest BCUT2D eigenvalue weighted by atomic mass is 19.2. The maximum atomic E-state index is 13.7. The molecule has 2 aliphatic rings. The Balaban J connectivity index is 1.16. The molecule has 1 saturated carbocycles. The summed E-state index contributed by atoms with van der Waals surface area (Å²) < 4.78 is 27.0. The zero-order valence-corrected chi connectivity index (χ0v) is 18.9. The summed E-state index contributed by atoms with van der Waals surface area (Å²) in [5, 5.41) is 2.42. The van der Waals surface area contributed by atoms with E-state index in [0.29, 0.717) is 24.9 Å². The van der Waals surface area contributed by atoms with Gasteiger partial charge in [0.25, 0.3) is 5.91 Å². The molecule has 1 aliphatic carbocycles. The van der Waals surface area contributed by atoms with Gasteiger partial charge < -0.3 is 10.2 Å². The minimum atomic E-state index is -1.19. The molecule has 6 heteroatoms. The van der Waals surface area contributed by atoms with Gasteiger partial charge in [-0.05, 0) is 74.0 Å². The molecule has 1 saturated heterocycles. The average Bonchev–Trinajstić information content (AvgIpc) is 3.33. The van der Waals surface area contributed by atoms with Crippen molar-refractivity contribution in [1.82, 2.24) is 10.2 Å². The van der Waals surface area contributed by atoms with Crippen molar-refractivity contribution in [2.75, 3.05) is 19.6 Å². The molecular formula is C27H32F2N2O2. The Labute approximate surface area is 194 Å². The lowest BCUT2D eigenvalue weighted by molar-refractivity contribution is -0.129. The van der Waals surface area contributed by atoms with Crippen molar-refractivity contribution in [1.29, 1.82) is 0 Å². The molecular weight excluding hydrogens is 422 g/mol. The van der Waals surface area contributed by atoms with Crippen LogP contribution in [0.4, 0.5) is 8.78 Å². The Morgan fingerprint density at radius 2 is 1.61 bits per heavy atom. The van der Waals surface area contributed by atoms with Crippen molar-refractivity contribution in [3.8, 4) is 0 Å². The molecule has 0 radical (unpaired) electrons. The Bertz CT molecular complexity index is 958. The first-order valence-corrected chi connectivity index (χ1v) is 12.1. The second-order valence-corrected chi connectivity index (χ2v) is 9.48. The van der Waals surface area contributed by atoms with Gasteiger partial charge in [-0.25, -0.2) is 8.78 Å². The maximum absolute atomic E-state index is 13.7. The molecule has 33 heavy (non-hydrogen) atoms. The molecule has 0 spiro atoms. The predicted molar refractivity (Wildman–Crippen MR) is 124 cm³/mol. The van der Waals surface area contributed by atoms with Gasteiger partial charge in [0.1, 0.15) is 0 Å². The summed E-state index contributed by atoms with van der Waals surface area (Å²) in [6, 6.07) is 14.2. The maximum Gasteiger partial charge on any atom is 0.254 e. The number of nitrogens with zero attached hydrogens (tertiary/aromatic N) is 1. The molecule has 4 rings (SSSR count). The van der Waals surface area contributed by atoms with Crippen LogP contribution in [-0.4, -0.2) is 36.3 Å². The second kappa shape index (κ2) is 10.9. The van der Waals surface area contributed by atoms with Gasteiger partial charge in [0.05, 0.1) is 12.1 Å². The lowest BCUT2D eigenvalue weighted by Crippen LogP contribution is -2.39. The molecule has 176 valence electrons. The fourth-order valence-corrected chi connectivity index (χ4v) is 5.32. The van der Waals surface area contributed by atoms with Crippen molar-refractivity contribution >= 4 is 11.8 Å². The van der Waals surface area contributed by atoms with Crippen LogP contribution in [0.5, 0.6) is 0 Å². The fourth-order valence-electron chi connectivity index (χ4n) is 5.32. The van der Waals surface area contributed by atoms with E-state index in [1.165, 1.54) is 49.8 Å². The van der Waals surface area contributed by atoms with Crippen LogP contribution in [0.1, 0.15) is 66.8 Å². The third-order valence-electron chi connectivity index (χ3n) is 7.34. The molecule has 2 amide bonds. The zero-order chi connectivity index (χ0) is 23.2. The summed E-state index contributed by atoms with van der Waals surface area (Å²) in [5.41, 5.74) is 1.08. The average molecular weight is 455 g/mol. The van der Waals surface area contributed by atoms with Gasteiger partial charge in [-0.2, -0.15) is 0 Å². The fraction of sp³-hybridized carbons (Fsp3) is 0.481. The van der Waals surface area contributed by atoms with Crippen LogP contribution >= 0.6 is 0 Å². The summed E-state index contributed by atoms with van der Waals surface area (Å²) >= 11 is 0. The number of amides is 2. The molecule has 0 aromatic heterocycles. The molecule has 1 heterocycles. The van der Waals surface area contributed by atoms with Crippen molar-refractivity contribution in [3.63, 3.8) is 0 Å². The van der Waals surface area contributed by atoms with E-state index >= 15 is 0 Å². The topological polar surface area (TPSA) is 49.4 Å². The van der Waals surface area contributed by atoms with Gasteiger partial charge >= 0.3 is 0 Å². The van der Waals surface area contributed by atoms with Crippen LogP contribution in [0.3, 0.4) is 0 Å². The Morgan fingerprint density at radius 1 is 0.879 bits per heavy atom. The minimum absolute atomic E-state index is 0.175. The van der Waals surface area contributed by atoms with Gasteiger partial charge in [0.15, 0.2) is 11.6 Å². The number of nitrogens with one attached hydrogen (secondary N) is 1. The first kappa shape index (κ1) is 23.4. The Morgan fingerprint density at radius 3 is 2.36 bits per heavy atom. The molecule has 4 nitrogen and oxygen atoms in total. The van der Waals surface area contributed by atoms with Gasteiger partial charge in [-0.3, -0.25) is 9.59 Å². The monoisotopic (exact) mass is 454 g/mol. The summed E-state index contributed by atoms with van der Waals surface area (Å²) in [7, 11) is 0. The lowest BCUT2D eigenvalue weighted by atomic mass is 9.76. The van der Waals surface area contributed by atoms with E-state index in [1.807, 2.05) is 0 Å². The molecule has 1 unspecified atom stereocenters. The normalized spacial score (nSPS) is 22.8. The Hall–Kier alpha value is -2.76. The number of likely N-dealkylation sites (tertiary alicyclic amines) is 1. The lowest BCUT2D eigenvalue weighted by Gasteiger charge is -2.29. The van der Waals surface area contributed by atoms with Crippen LogP contribution in [-0.2, 0) is 4.79 Å². The summed E-state index contributed by atoms with van der Waals surface area (Å²) in [5.74, 6) is -1.26. The molecule has 2 aromatic carbocycles. The molecule has 2 aromatic rings. The van der Waals surface area contributed by atoms with Crippen LogP contribution in [0.2, 0.25) is 0 Å². The first-order valence-electron chi connectivity index (χ1n) is 12.1. The molecule has 1 atom stereocenters. The SMILES string of the molecule is O=C(NCC(=O)N1CCC(CCC2CCC(c3ccccc3)CC2)C1)c1cccc(F)c1F. The minimum Gasteiger partial charge on any atom is -0.343 e. The van der Waals surface area contributed by atoms with Crippen molar-refractivity contribution < 1.29 is 18.4 Å². The summed E-state index contributed by atoms with van der Waals surface area (Å²) in [6.45, 7) is 1.20. The first-order chi connectivity index (χ1) is 16.0. The highest BCUT2D eigenvalue weighted by Crippen LogP contribution is 2.38. The molecule has 1 N–H and O–H groups in total. The molecule has 2 fully saturated rings. The number of rotatable bonds is 7. The highest BCUT2D eigenvalue weighted by Gasteiger charge is 2.28. The third kappa shape index (κ3) is 5.98. The number of carbonyl (C=O) groups excluding carboxylic acids is 2. The van der Waals surface area contributed by atoms with E-state index in [9.17, 15) is 18.4 Å². The number of hydrogen-bond donors (Lipinski definition) is 1. The van der Waals surface area contributed by atoms with Gasteiger partial charge in [0.2, 0.25) is 5.91 Å². The molecule has 0 bridgehead atoms. The van der Waals surface area contributed by atoms with E-state index in [1.54, 1.807) is 4.90 Å². The highest BCUT2D eigenvalue weighted by molar-refractivity contribution is 5.96. The quantitative estimate of drug-likeness (QED) is 0.617. The van der Waals surface area contributed by atoms with E-state index in [2.05, 4.69) is 35.6 Å². The number of benzene rings is 2. The number of halogens is 2. The van der Waals surface area contributed by atoms with Crippen LogP contribution < -0.4 is 5.32 Å². The van der Waals surface area contributed by atoms with E-state index in [-0.39, 0.29) is 18.0 Å². The summed E-state index contributed by atoms with van der Waals surface area (Å²) in [4.78, 5) is 26.4. The van der Waals surface area contributed by atoms with E-state index in [0.717, 1.165) is 24.8 Å². The number of carbonyl (C=O) groups is 2. The van der Waals surface area contributed by atoms with Crippen molar-refractivity contribution in [2.24, 2.45) is 11.8 Å². The number of hydrogen-bond acceptors (Lipinski definition) is 2. The largest absolute Gasteiger partial charge is 0.343 e. The van der Waals surface area contributed by atoms with E-state index in [4.69, 9.17) is 0 Å². The second-order valence-electron chi connectivity index (χ2n) is 9.48. The van der Waals surface area contributed by atoms with Gasteiger partial charge in [-0.1, -0.05) is 42.8 Å². The third-order valence-corrected chi connectivity index (χ3v) is 7.34. The van der Waals surface area contributed by atoms with Crippen LogP contribution in [0.15, 0.2) is 48.5 Å². The summed E-state index contributed by atoms with van der Waals surface area (Å²) in [6.07, 6.45) is 8.40. The van der Waals surface area contributed by atoms with Crippen LogP contribution in [0.25, 0.3) is 0 Å². The Kier molecular flexibility index (Phi) is 7.73. The standard InChI is InChI=1S/C27H32F2N2O2/c28-24-8-4-7-23(26(24)29)27(33)30-17-25(32)31-16-15-20(18-31)10-9-19-11-13-22(14-12-19)21-5-2-1-3-6-21/h1-8,19-20,22H,9-18H2,(H,30,33). The predicted octanol–water partition coefficient (Wildman–Crippen LogP) is 5.30. The van der Waals surface area contributed by atoms with Gasteiger partial charge in [0, 0.05) is 13.1 Å².